The van der Waals surface area contributed by atoms with Crippen LogP contribution in [0.15, 0.2) is 46.2 Å². The maximum atomic E-state index is 12.5. The minimum Gasteiger partial charge on any atom is -0.279 e. The van der Waals surface area contributed by atoms with Crippen molar-refractivity contribution in [2.45, 2.75) is 16.7 Å². The average Bonchev–Trinajstić information content (AvgIpc) is 2.41. The average molecular weight is 394 g/mol. The number of hydrogen-bond acceptors (Lipinski definition) is 4. The largest absolute Gasteiger partial charge is 0.279 e. The van der Waals surface area contributed by atoms with Crippen LogP contribution >= 0.6 is 23.2 Å². The Balaban J connectivity index is 2.51. The molecule has 9 heteroatoms. The SMILES string of the molecule is Cc1cc(Cl)ccc1NS(=O)(=O)c1cc(S(C)(=O)=O)ccc1Cl. The normalized spacial score (nSPS) is 12.2. The van der Waals surface area contributed by atoms with Gasteiger partial charge in [-0.2, -0.15) is 0 Å². The second-order valence-electron chi connectivity index (χ2n) is 4.93. The molecule has 0 aliphatic rings. The molecule has 0 heterocycles. The molecule has 0 bridgehead atoms. The van der Waals surface area contributed by atoms with Gasteiger partial charge in [-0.25, -0.2) is 16.8 Å². The van der Waals surface area contributed by atoms with Crippen molar-refractivity contribution in [3.63, 3.8) is 0 Å². The van der Waals surface area contributed by atoms with E-state index in [1.807, 2.05) is 0 Å². The van der Waals surface area contributed by atoms with Crippen molar-refractivity contribution in [1.82, 2.24) is 0 Å². The Kier molecular flexibility index (Phi) is 4.96. The van der Waals surface area contributed by atoms with E-state index in [9.17, 15) is 16.8 Å². The van der Waals surface area contributed by atoms with E-state index in [-0.39, 0.29) is 14.8 Å². The summed E-state index contributed by atoms with van der Waals surface area (Å²) >= 11 is 11.8. The first kappa shape index (κ1) is 18.1. The van der Waals surface area contributed by atoms with Crippen LogP contribution in [0.4, 0.5) is 5.69 Å². The Morgan fingerprint density at radius 2 is 1.61 bits per heavy atom. The van der Waals surface area contributed by atoms with Crippen LogP contribution in [0.1, 0.15) is 5.56 Å². The van der Waals surface area contributed by atoms with Gasteiger partial charge in [0.2, 0.25) is 0 Å². The molecule has 2 aromatic rings. The molecule has 0 unspecified atom stereocenters. The first-order valence-electron chi connectivity index (χ1n) is 6.29. The van der Waals surface area contributed by atoms with Crippen molar-refractivity contribution in [2.75, 3.05) is 11.0 Å². The molecule has 0 aliphatic carbocycles. The van der Waals surface area contributed by atoms with Gasteiger partial charge in [0, 0.05) is 11.3 Å². The van der Waals surface area contributed by atoms with Gasteiger partial charge in [-0.1, -0.05) is 23.2 Å². The second kappa shape index (κ2) is 6.32. The maximum Gasteiger partial charge on any atom is 0.263 e. The number of sulfone groups is 1. The van der Waals surface area contributed by atoms with Crippen molar-refractivity contribution >= 4 is 48.7 Å². The summed E-state index contributed by atoms with van der Waals surface area (Å²) in [5.41, 5.74) is 0.951. The summed E-state index contributed by atoms with van der Waals surface area (Å²) in [5, 5.41) is 0.402. The highest BCUT2D eigenvalue weighted by molar-refractivity contribution is 7.93. The number of anilines is 1. The van der Waals surface area contributed by atoms with E-state index in [2.05, 4.69) is 4.72 Å². The zero-order chi connectivity index (χ0) is 17.4. The van der Waals surface area contributed by atoms with Gasteiger partial charge < -0.3 is 0 Å². The van der Waals surface area contributed by atoms with E-state index >= 15 is 0 Å². The molecule has 0 aliphatic heterocycles. The van der Waals surface area contributed by atoms with Crippen molar-refractivity contribution in [1.29, 1.82) is 0 Å². The Labute approximate surface area is 145 Å². The van der Waals surface area contributed by atoms with E-state index in [0.29, 0.717) is 16.3 Å². The minimum absolute atomic E-state index is 0.0727. The highest BCUT2D eigenvalue weighted by Gasteiger charge is 2.21. The molecule has 2 rings (SSSR count). The smallest absolute Gasteiger partial charge is 0.263 e. The van der Waals surface area contributed by atoms with Gasteiger partial charge in [-0.05, 0) is 48.9 Å². The highest BCUT2D eigenvalue weighted by atomic mass is 35.5. The molecule has 124 valence electrons. The van der Waals surface area contributed by atoms with Crippen LogP contribution in [0.25, 0.3) is 0 Å². The minimum atomic E-state index is -4.05. The first-order chi connectivity index (χ1) is 10.5. The number of sulfonamides is 1. The molecule has 5 nitrogen and oxygen atoms in total. The number of nitrogens with one attached hydrogen (secondary N) is 1. The van der Waals surface area contributed by atoms with Crippen molar-refractivity contribution < 1.29 is 16.8 Å². The molecule has 0 spiro atoms. The van der Waals surface area contributed by atoms with Gasteiger partial charge in [-0.3, -0.25) is 4.72 Å². The van der Waals surface area contributed by atoms with Crippen LogP contribution < -0.4 is 4.72 Å². The van der Waals surface area contributed by atoms with E-state index in [4.69, 9.17) is 23.2 Å². The summed E-state index contributed by atoms with van der Waals surface area (Å²) in [5.74, 6) is 0. The lowest BCUT2D eigenvalue weighted by Gasteiger charge is -2.12. The van der Waals surface area contributed by atoms with Crippen molar-refractivity contribution in [3.8, 4) is 0 Å². The van der Waals surface area contributed by atoms with Gasteiger partial charge >= 0.3 is 0 Å². The Morgan fingerprint density at radius 3 is 2.17 bits per heavy atom. The molecule has 0 saturated carbocycles. The molecule has 23 heavy (non-hydrogen) atoms. The zero-order valence-corrected chi connectivity index (χ0v) is 15.3. The van der Waals surface area contributed by atoms with Crippen LogP contribution in [0.3, 0.4) is 0 Å². The van der Waals surface area contributed by atoms with Crippen molar-refractivity contribution in [3.05, 3.63) is 52.0 Å². The van der Waals surface area contributed by atoms with Crippen LogP contribution in [-0.4, -0.2) is 23.1 Å². The van der Waals surface area contributed by atoms with Gasteiger partial charge in [0.15, 0.2) is 9.84 Å². The van der Waals surface area contributed by atoms with Gasteiger partial charge in [-0.15, -0.1) is 0 Å². The Morgan fingerprint density at radius 1 is 0.957 bits per heavy atom. The van der Waals surface area contributed by atoms with E-state index in [1.54, 1.807) is 19.1 Å². The molecular weight excluding hydrogens is 381 g/mol. The number of rotatable bonds is 4. The van der Waals surface area contributed by atoms with Gasteiger partial charge in [0.1, 0.15) is 4.90 Å². The lowest BCUT2D eigenvalue weighted by Crippen LogP contribution is -2.15. The third-order valence-electron chi connectivity index (χ3n) is 3.05. The van der Waals surface area contributed by atoms with Crippen molar-refractivity contribution in [2.24, 2.45) is 0 Å². The molecule has 0 amide bonds. The molecule has 2 aromatic carbocycles. The number of hydrogen-bond donors (Lipinski definition) is 1. The van der Waals surface area contributed by atoms with Crippen LogP contribution in [0, 0.1) is 6.92 Å². The van der Waals surface area contributed by atoms with Crippen LogP contribution in [0.5, 0.6) is 0 Å². The van der Waals surface area contributed by atoms with E-state index < -0.39 is 19.9 Å². The third kappa shape index (κ3) is 4.17. The molecule has 0 radical (unpaired) electrons. The standard InChI is InChI=1S/C14H13Cl2NO4S2/c1-9-7-10(15)3-6-13(9)17-23(20,21)14-8-11(22(2,18)19)4-5-12(14)16/h3-8,17H,1-2H3. The number of halogens is 2. The predicted molar refractivity (Wildman–Crippen MR) is 91.6 cm³/mol. The highest BCUT2D eigenvalue weighted by Crippen LogP contribution is 2.28. The predicted octanol–water partition coefficient (Wildman–Crippen LogP) is 3.51. The molecule has 0 fully saturated rings. The van der Waals surface area contributed by atoms with Gasteiger partial charge in [0.05, 0.1) is 15.6 Å². The summed E-state index contributed by atoms with van der Waals surface area (Å²) < 4.78 is 50.6. The second-order valence-corrected chi connectivity index (χ2v) is 9.44. The summed E-state index contributed by atoms with van der Waals surface area (Å²) in [7, 11) is -7.61. The Hall–Kier alpha value is -1.28. The molecule has 0 saturated heterocycles. The maximum absolute atomic E-state index is 12.5. The molecule has 0 aromatic heterocycles. The lowest BCUT2D eigenvalue weighted by molar-refractivity contribution is 0.599. The third-order valence-corrected chi connectivity index (χ3v) is 6.25. The Bertz CT molecular complexity index is 970. The molecule has 0 atom stereocenters. The summed E-state index contributed by atoms with van der Waals surface area (Å²) in [6, 6.07) is 8.19. The fourth-order valence-electron chi connectivity index (χ4n) is 1.86. The summed E-state index contributed by atoms with van der Waals surface area (Å²) in [4.78, 5) is -0.438. The number of benzene rings is 2. The zero-order valence-electron chi connectivity index (χ0n) is 12.2. The summed E-state index contributed by atoms with van der Waals surface area (Å²) in [6.45, 7) is 1.69. The first-order valence-corrected chi connectivity index (χ1v) is 10.4. The lowest BCUT2D eigenvalue weighted by atomic mass is 10.2. The summed E-state index contributed by atoms with van der Waals surface area (Å²) in [6.07, 6.45) is 0.989. The fourth-order valence-corrected chi connectivity index (χ4v) is 4.47. The van der Waals surface area contributed by atoms with Gasteiger partial charge in [0.25, 0.3) is 10.0 Å². The van der Waals surface area contributed by atoms with Crippen LogP contribution in [0.2, 0.25) is 10.0 Å². The molecular formula is C14H13Cl2NO4S2. The van der Waals surface area contributed by atoms with E-state index in [1.165, 1.54) is 18.2 Å². The van der Waals surface area contributed by atoms with E-state index in [0.717, 1.165) is 12.3 Å². The monoisotopic (exact) mass is 393 g/mol. The fraction of sp³-hybridized carbons (Fsp3) is 0.143. The molecule has 1 N–H and O–H groups in total. The topological polar surface area (TPSA) is 80.3 Å². The van der Waals surface area contributed by atoms with Crippen LogP contribution in [-0.2, 0) is 19.9 Å². The quantitative estimate of drug-likeness (QED) is 0.861. The number of aryl methyl sites for hydroxylation is 1.